The van der Waals surface area contributed by atoms with Gasteiger partial charge in [0.15, 0.2) is 0 Å². The van der Waals surface area contributed by atoms with Gasteiger partial charge in [0.2, 0.25) is 0 Å². The van der Waals surface area contributed by atoms with E-state index in [4.69, 9.17) is 4.74 Å². The normalized spacial score (nSPS) is 30.7. The molecule has 20 heavy (non-hydrogen) atoms. The SMILES string of the molecule is C1=CC[C@H](CN2CCC(CN3CCOCC3)CC2)CC1. The van der Waals surface area contributed by atoms with Gasteiger partial charge in [-0.3, -0.25) is 4.90 Å². The molecule has 1 atom stereocenters. The third-order valence-electron chi connectivity index (χ3n) is 5.22. The van der Waals surface area contributed by atoms with Gasteiger partial charge in [-0.1, -0.05) is 12.2 Å². The molecule has 0 spiro atoms. The van der Waals surface area contributed by atoms with Crippen LogP contribution in [0.25, 0.3) is 0 Å². The zero-order valence-corrected chi connectivity index (χ0v) is 12.8. The van der Waals surface area contributed by atoms with Gasteiger partial charge in [-0.15, -0.1) is 0 Å². The Kier molecular flexibility index (Phi) is 5.51. The Balaban J connectivity index is 1.35. The second-order valence-corrected chi connectivity index (χ2v) is 6.81. The van der Waals surface area contributed by atoms with Gasteiger partial charge < -0.3 is 9.64 Å². The maximum atomic E-state index is 5.44. The van der Waals surface area contributed by atoms with Crippen molar-refractivity contribution in [2.24, 2.45) is 11.8 Å². The molecule has 2 aliphatic heterocycles. The summed E-state index contributed by atoms with van der Waals surface area (Å²) in [6.07, 6.45) is 11.6. The van der Waals surface area contributed by atoms with Crippen molar-refractivity contribution >= 4 is 0 Å². The van der Waals surface area contributed by atoms with E-state index in [1.54, 1.807) is 0 Å². The number of ether oxygens (including phenoxy) is 1. The second kappa shape index (κ2) is 7.58. The summed E-state index contributed by atoms with van der Waals surface area (Å²) in [5.74, 6) is 1.85. The Labute approximate surface area is 124 Å². The van der Waals surface area contributed by atoms with E-state index in [0.29, 0.717) is 0 Å². The highest BCUT2D eigenvalue weighted by molar-refractivity contribution is 4.91. The van der Waals surface area contributed by atoms with Crippen LogP contribution in [0.1, 0.15) is 32.1 Å². The number of nitrogens with zero attached hydrogens (tertiary/aromatic N) is 2. The third kappa shape index (κ3) is 4.31. The highest BCUT2D eigenvalue weighted by atomic mass is 16.5. The van der Waals surface area contributed by atoms with Crippen LogP contribution in [0.3, 0.4) is 0 Å². The van der Waals surface area contributed by atoms with Crippen LogP contribution < -0.4 is 0 Å². The predicted octanol–water partition coefficient (Wildman–Crippen LogP) is 2.39. The molecular weight excluding hydrogens is 248 g/mol. The van der Waals surface area contributed by atoms with E-state index in [-0.39, 0.29) is 0 Å². The van der Waals surface area contributed by atoms with Gasteiger partial charge in [-0.05, 0) is 57.0 Å². The average Bonchev–Trinajstić information content (AvgIpc) is 2.51. The Hall–Kier alpha value is -0.380. The fraction of sp³-hybridized carbons (Fsp3) is 0.882. The van der Waals surface area contributed by atoms with Gasteiger partial charge in [0.25, 0.3) is 0 Å². The van der Waals surface area contributed by atoms with Gasteiger partial charge in [0.05, 0.1) is 13.2 Å². The molecule has 0 aromatic heterocycles. The van der Waals surface area contributed by atoms with Gasteiger partial charge >= 0.3 is 0 Å². The molecule has 0 unspecified atom stereocenters. The molecule has 2 saturated heterocycles. The lowest BCUT2D eigenvalue weighted by Gasteiger charge is -2.37. The maximum Gasteiger partial charge on any atom is 0.0594 e. The van der Waals surface area contributed by atoms with Crippen LogP contribution in [-0.4, -0.2) is 62.3 Å². The van der Waals surface area contributed by atoms with Crippen LogP contribution in [0.15, 0.2) is 12.2 Å². The van der Waals surface area contributed by atoms with Gasteiger partial charge in [0, 0.05) is 26.2 Å². The van der Waals surface area contributed by atoms with E-state index in [1.807, 2.05) is 0 Å². The van der Waals surface area contributed by atoms with Crippen molar-refractivity contribution in [2.45, 2.75) is 32.1 Å². The quantitative estimate of drug-likeness (QED) is 0.734. The molecule has 3 aliphatic rings. The van der Waals surface area contributed by atoms with Crippen molar-refractivity contribution in [3.8, 4) is 0 Å². The Morgan fingerprint density at radius 3 is 2.20 bits per heavy atom. The van der Waals surface area contributed by atoms with Crippen molar-refractivity contribution in [1.82, 2.24) is 9.80 Å². The summed E-state index contributed by atoms with van der Waals surface area (Å²) >= 11 is 0. The molecule has 0 bridgehead atoms. The minimum absolute atomic E-state index is 0.926. The molecule has 3 rings (SSSR count). The number of hydrogen-bond acceptors (Lipinski definition) is 3. The van der Waals surface area contributed by atoms with E-state index in [1.165, 1.54) is 58.3 Å². The summed E-state index contributed by atoms with van der Waals surface area (Å²) in [7, 11) is 0. The zero-order chi connectivity index (χ0) is 13.6. The summed E-state index contributed by atoms with van der Waals surface area (Å²) in [5.41, 5.74) is 0. The van der Waals surface area contributed by atoms with Crippen LogP contribution in [-0.2, 0) is 4.74 Å². The first-order chi connectivity index (χ1) is 9.90. The van der Waals surface area contributed by atoms with Gasteiger partial charge in [-0.2, -0.15) is 0 Å². The molecule has 0 amide bonds. The molecule has 2 heterocycles. The zero-order valence-electron chi connectivity index (χ0n) is 12.8. The first-order valence-electron chi connectivity index (χ1n) is 8.57. The summed E-state index contributed by atoms with van der Waals surface area (Å²) < 4.78 is 5.44. The van der Waals surface area contributed by atoms with E-state index >= 15 is 0 Å². The molecule has 3 nitrogen and oxygen atoms in total. The largest absolute Gasteiger partial charge is 0.379 e. The molecule has 0 saturated carbocycles. The highest BCUT2D eigenvalue weighted by Gasteiger charge is 2.24. The van der Waals surface area contributed by atoms with E-state index < -0.39 is 0 Å². The predicted molar refractivity (Wildman–Crippen MR) is 82.9 cm³/mol. The smallest absolute Gasteiger partial charge is 0.0594 e. The van der Waals surface area contributed by atoms with Crippen LogP contribution in [0.4, 0.5) is 0 Å². The monoisotopic (exact) mass is 278 g/mol. The molecule has 3 heteroatoms. The number of piperidine rings is 1. The summed E-state index contributed by atoms with van der Waals surface area (Å²) in [5, 5.41) is 0. The Bertz CT molecular complexity index is 304. The standard InChI is InChI=1S/C17H30N2O/c1-2-4-16(5-3-1)14-18-8-6-17(7-9-18)15-19-10-12-20-13-11-19/h1-2,16-17H,3-15H2/t16-/m0/s1. The minimum atomic E-state index is 0.926. The number of hydrogen-bond donors (Lipinski definition) is 0. The summed E-state index contributed by atoms with van der Waals surface area (Å²) in [6, 6.07) is 0. The summed E-state index contributed by atoms with van der Waals surface area (Å²) in [4.78, 5) is 5.33. The number of allylic oxidation sites excluding steroid dienone is 2. The van der Waals surface area contributed by atoms with Gasteiger partial charge in [0.1, 0.15) is 0 Å². The average molecular weight is 278 g/mol. The molecule has 0 aromatic carbocycles. The molecule has 1 aliphatic carbocycles. The van der Waals surface area contributed by atoms with E-state index in [0.717, 1.165) is 38.1 Å². The van der Waals surface area contributed by atoms with Crippen molar-refractivity contribution in [3.63, 3.8) is 0 Å². The first-order valence-corrected chi connectivity index (χ1v) is 8.57. The third-order valence-corrected chi connectivity index (χ3v) is 5.22. The summed E-state index contributed by atoms with van der Waals surface area (Å²) in [6.45, 7) is 9.48. The van der Waals surface area contributed by atoms with Crippen molar-refractivity contribution < 1.29 is 4.74 Å². The molecule has 114 valence electrons. The lowest BCUT2D eigenvalue weighted by Crippen LogP contribution is -2.43. The molecule has 0 aromatic rings. The minimum Gasteiger partial charge on any atom is -0.379 e. The molecule has 0 radical (unpaired) electrons. The molecule has 2 fully saturated rings. The van der Waals surface area contributed by atoms with Gasteiger partial charge in [-0.25, -0.2) is 0 Å². The van der Waals surface area contributed by atoms with Crippen LogP contribution in [0.5, 0.6) is 0 Å². The number of rotatable bonds is 4. The van der Waals surface area contributed by atoms with E-state index in [9.17, 15) is 0 Å². The lowest BCUT2D eigenvalue weighted by molar-refractivity contribution is 0.0238. The van der Waals surface area contributed by atoms with Crippen LogP contribution in [0.2, 0.25) is 0 Å². The highest BCUT2D eigenvalue weighted by Crippen LogP contribution is 2.23. The molecular formula is C17H30N2O. The first kappa shape index (κ1) is 14.6. The Morgan fingerprint density at radius 1 is 0.800 bits per heavy atom. The fourth-order valence-corrected chi connectivity index (χ4v) is 3.89. The second-order valence-electron chi connectivity index (χ2n) is 6.81. The van der Waals surface area contributed by atoms with Crippen LogP contribution >= 0.6 is 0 Å². The number of likely N-dealkylation sites (tertiary alicyclic amines) is 1. The van der Waals surface area contributed by atoms with Crippen LogP contribution in [0, 0.1) is 11.8 Å². The van der Waals surface area contributed by atoms with Crippen molar-refractivity contribution in [3.05, 3.63) is 12.2 Å². The maximum absolute atomic E-state index is 5.44. The van der Waals surface area contributed by atoms with Crippen molar-refractivity contribution in [1.29, 1.82) is 0 Å². The number of morpholine rings is 1. The Morgan fingerprint density at radius 2 is 1.50 bits per heavy atom. The topological polar surface area (TPSA) is 15.7 Å². The fourth-order valence-electron chi connectivity index (χ4n) is 3.89. The lowest BCUT2D eigenvalue weighted by atomic mass is 9.91. The van der Waals surface area contributed by atoms with Crippen molar-refractivity contribution in [2.75, 3.05) is 52.5 Å². The molecule has 0 N–H and O–H groups in total. The van der Waals surface area contributed by atoms with E-state index in [2.05, 4.69) is 22.0 Å².